The lowest BCUT2D eigenvalue weighted by molar-refractivity contribution is -0.274. The van der Waals surface area contributed by atoms with Gasteiger partial charge in [-0.15, -0.1) is 13.2 Å². The van der Waals surface area contributed by atoms with Crippen molar-refractivity contribution in [3.05, 3.63) is 59.7 Å². The summed E-state index contributed by atoms with van der Waals surface area (Å²) in [4.78, 5) is 26.1. The first kappa shape index (κ1) is 20.5. The van der Waals surface area contributed by atoms with Crippen molar-refractivity contribution in [3.63, 3.8) is 0 Å². The predicted octanol–water partition coefficient (Wildman–Crippen LogP) is 3.74. The molecule has 1 atom stereocenters. The molecule has 0 saturated carbocycles. The zero-order valence-corrected chi connectivity index (χ0v) is 15.7. The number of aryl methyl sites for hydroxylation is 1. The van der Waals surface area contributed by atoms with Crippen LogP contribution < -0.4 is 14.8 Å². The van der Waals surface area contributed by atoms with Crippen LogP contribution in [0, 0.1) is 6.92 Å². The number of amides is 3. The van der Waals surface area contributed by atoms with Gasteiger partial charge < -0.3 is 14.8 Å². The Balaban J connectivity index is 1.66. The third-order valence-corrected chi connectivity index (χ3v) is 4.54. The number of ether oxygens (including phenoxy) is 2. The van der Waals surface area contributed by atoms with Crippen molar-refractivity contribution in [2.45, 2.75) is 25.7 Å². The molecule has 0 spiro atoms. The Morgan fingerprint density at radius 1 is 1.00 bits per heavy atom. The Kier molecular flexibility index (Phi) is 5.41. The Morgan fingerprint density at radius 2 is 1.59 bits per heavy atom. The number of hydrogen-bond acceptors (Lipinski definition) is 4. The fourth-order valence-corrected chi connectivity index (χ4v) is 2.97. The second kappa shape index (κ2) is 7.65. The molecular formula is C20H19F3N2O4. The normalized spacial score (nSPS) is 19.3. The lowest BCUT2D eigenvalue weighted by Gasteiger charge is -2.22. The molecule has 1 N–H and O–H groups in total. The summed E-state index contributed by atoms with van der Waals surface area (Å²) in [5.41, 5.74) is 0.0266. The summed E-state index contributed by atoms with van der Waals surface area (Å²) in [6.07, 6.45) is -4.81. The van der Waals surface area contributed by atoms with E-state index in [4.69, 9.17) is 4.74 Å². The second-order valence-electron chi connectivity index (χ2n) is 6.75. The monoisotopic (exact) mass is 408 g/mol. The van der Waals surface area contributed by atoms with Crippen molar-refractivity contribution in [1.82, 2.24) is 10.2 Å². The van der Waals surface area contributed by atoms with E-state index in [0.717, 1.165) is 22.6 Å². The molecule has 3 rings (SSSR count). The zero-order valence-electron chi connectivity index (χ0n) is 15.7. The van der Waals surface area contributed by atoms with Crippen molar-refractivity contribution in [1.29, 1.82) is 0 Å². The molecule has 1 saturated heterocycles. The average molecular weight is 408 g/mol. The summed E-state index contributed by atoms with van der Waals surface area (Å²) in [5, 5.41) is 2.59. The maximum atomic E-state index is 12.8. The largest absolute Gasteiger partial charge is 0.573 e. The van der Waals surface area contributed by atoms with Crippen LogP contribution in [0.15, 0.2) is 48.5 Å². The van der Waals surface area contributed by atoms with Crippen LogP contribution in [0.3, 0.4) is 0 Å². The molecule has 0 bridgehead atoms. The minimum absolute atomic E-state index is 0.0312. The van der Waals surface area contributed by atoms with Gasteiger partial charge >= 0.3 is 12.4 Å². The summed E-state index contributed by atoms with van der Waals surface area (Å²) in [7, 11) is 0. The summed E-state index contributed by atoms with van der Waals surface area (Å²) in [6.45, 7) is 3.58. The molecule has 9 heteroatoms. The number of carbonyl (C=O) groups is 2. The Bertz CT molecular complexity index is 897. The molecule has 1 fully saturated rings. The Hall–Kier alpha value is -3.23. The minimum Gasteiger partial charge on any atom is -0.492 e. The summed E-state index contributed by atoms with van der Waals surface area (Å²) >= 11 is 0. The third kappa shape index (κ3) is 4.61. The van der Waals surface area contributed by atoms with Gasteiger partial charge in [-0.1, -0.05) is 29.8 Å². The molecule has 3 amide bonds. The topological polar surface area (TPSA) is 67.9 Å². The van der Waals surface area contributed by atoms with Gasteiger partial charge in [0.1, 0.15) is 23.6 Å². The smallest absolute Gasteiger partial charge is 0.492 e. The highest BCUT2D eigenvalue weighted by Crippen LogP contribution is 2.31. The van der Waals surface area contributed by atoms with Crippen molar-refractivity contribution in [2.75, 3.05) is 13.2 Å². The molecule has 1 aliphatic heterocycles. The predicted molar refractivity (Wildman–Crippen MR) is 97.4 cm³/mol. The van der Waals surface area contributed by atoms with Crippen molar-refractivity contribution in [2.24, 2.45) is 0 Å². The number of nitrogens with one attached hydrogen (secondary N) is 1. The summed E-state index contributed by atoms with van der Waals surface area (Å²) in [6, 6.07) is 11.6. The number of urea groups is 1. The second-order valence-corrected chi connectivity index (χ2v) is 6.75. The van der Waals surface area contributed by atoms with Crippen molar-refractivity contribution < 1.29 is 32.2 Å². The number of hydrogen-bond donors (Lipinski definition) is 1. The fourth-order valence-electron chi connectivity index (χ4n) is 2.97. The van der Waals surface area contributed by atoms with Gasteiger partial charge in [0.05, 0.1) is 6.54 Å². The summed E-state index contributed by atoms with van der Waals surface area (Å²) in [5.74, 6) is -0.310. The van der Waals surface area contributed by atoms with Crippen molar-refractivity contribution >= 4 is 11.9 Å². The van der Waals surface area contributed by atoms with E-state index in [9.17, 15) is 22.8 Å². The number of alkyl halides is 3. The maximum Gasteiger partial charge on any atom is 0.573 e. The summed E-state index contributed by atoms with van der Waals surface area (Å²) < 4.78 is 46.3. The van der Waals surface area contributed by atoms with Crippen LogP contribution in [0.1, 0.15) is 18.1 Å². The molecule has 6 nitrogen and oxygen atoms in total. The molecule has 1 aliphatic rings. The van der Waals surface area contributed by atoms with Crippen LogP contribution in [0.2, 0.25) is 0 Å². The van der Waals surface area contributed by atoms with Gasteiger partial charge in [-0.2, -0.15) is 0 Å². The SMILES string of the molecule is Cc1ccc(OCCN2C(=O)NC(C)(c3ccc(OC(F)(F)F)cc3)C2=O)cc1. The number of benzene rings is 2. The first-order valence-electron chi connectivity index (χ1n) is 8.78. The molecule has 29 heavy (non-hydrogen) atoms. The van der Waals surface area contributed by atoms with Gasteiger partial charge in [0.2, 0.25) is 0 Å². The average Bonchev–Trinajstić information content (AvgIpc) is 2.86. The van der Waals surface area contributed by atoms with E-state index in [1.165, 1.54) is 19.1 Å². The van der Waals surface area contributed by atoms with Crippen LogP contribution in [-0.4, -0.2) is 36.4 Å². The van der Waals surface area contributed by atoms with E-state index in [1.54, 1.807) is 12.1 Å². The number of nitrogens with zero attached hydrogens (tertiary/aromatic N) is 1. The van der Waals surface area contributed by atoms with E-state index >= 15 is 0 Å². The molecule has 2 aromatic rings. The maximum absolute atomic E-state index is 12.8. The molecule has 1 heterocycles. The number of imide groups is 1. The van der Waals surface area contributed by atoms with E-state index in [2.05, 4.69) is 10.1 Å². The molecule has 0 aliphatic carbocycles. The van der Waals surface area contributed by atoms with E-state index < -0.39 is 29.6 Å². The van der Waals surface area contributed by atoms with Crippen LogP contribution >= 0.6 is 0 Å². The van der Waals surface area contributed by atoms with Crippen LogP contribution in [-0.2, 0) is 10.3 Å². The van der Waals surface area contributed by atoms with E-state index in [1.807, 2.05) is 19.1 Å². The highest BCUT2D eigenvalue weighted by molar-refractivity contribution is 6.07. The highest BCUT2D eigenvalue weighted by atomic mass is 19.4. The minimum atomic E-state index is -4.81. The molecule has 0 radical (unpaired) electrons. The molecule has 2 aromatic carbocycles. The quantitative estimate of drug-likeness (QED) is 0.740. The Morgan fingerprint density at radius 3 is 2.17 bits per heavy atom. The van der Waals surface area contributed by atoms with Gasteiger partial charge in [-0.25, -0.2) is 4.79 Å². The number of halogens is 3. The fraction of sp³-hybridized carbons (Fsp3) is 0.300. The number of carbonyl (C=O) groups excluding carboxylic acids is 2. The van der Waals surface area contributed by atoms with Crippen LogP contribution in [0.4, 0.5) is 18.0 Å². The standard InChI is InChI=1S/C20H19F3N2O4/c1-13-3-7-15(8-4-13)28-12-11-25-17(26)19(2,24-18(25)27)14-5-9-16(10-6-14)29-20(21,22)23/h3-10H,11-12H2,1-2H3,(H,24,27). The lowest BCUT2D eigenvalue weighted by Crippen LogP contribution is -2.41. The molecular weight excluding hydrogens is 389 g/mol. The Labute approximate surface area is 165 Å². The van der Waals surface area contributed by atoms with Gasteiger partial charge in [0, 0.05) is 0 Å². The van der Waals surface area contributed by atoms with Crippen molar-refractivity contribution in [3.8, 4) is 11.5 Å². The van der Waals surface area contributed by atoms with Gasteiger partial charge in [-0.05, 0) is 43.7 Å². The molecule has 0 aromatic heterocycles. The highest BCUT2D eigenvalue weighted by Gasteiger charge is 2.48. The van der Waals surface area contributed by atoms with E-state index in [-0.39, 0.29) is 13.2 Å². The molecule has 154 valence electrons. The zero-order chi connectivity index (χ0) is 21.2. The van der Waals surface area contributed by atoms with Gasteiger partial charge in [0.15, 0.2) is 0 Å². The number of rotatable bonds is 6. The van der Waals surface area contributed by atoms with Gasteiger partial charge in [0.25, 0.3) is 5.91 Å². The first-order valence-corrected chi connectivity index (χ1v) is 8.78. The van der Waals surface area contributed by atoms with Crippen LogP contribution in [0.25, 0.3) is 0 Å². The lowest BCUT2D eigenvalue weighted by atomic mass is 9.92. The van der Waals surface area contributed by atoms with Crippen LogP contribution in [0.5, 0.6) is 11.5 Å². The first-order chi connectivity index (χ1) is 13.6. The van der Waals surface area contributed by atoms with E-state index in [0.29, 0.717) is 11.3 Å². The van der Waals surface area contributed by atoms with Gasteiger partial charge in [-0.3, -0.25) is 9.69 Å². The molecule has 1 unspecified atom stereocenters. The third-order valence-electron chi connectivity index (χ3n) is 4.54.